The van der Waals surface area contributed by atoms with Crippen LogP contribution in [0.2, 0.25) is 0 Å². The average Bonchev–Trinajstić information content (AvgIpc) is 2.20. The van der Waals surface area contributed by atoms with Gasteiger partial charge >= 0.3 is 5.97 Å². The molecule has 0 aliphatic heterocycles. The van der Waals surface area contributed by atoms with Crippen molar-refractivity contribution in [1.29, 1.82) is 0 Å². The average molecular weight is 206 g/mol. The Balaban J connectivity index is 2.79. The van der Waals surface area contributed by atoms with Gasteiger partial charge in [-0.1, -0.05) is 0 Å². The van der Waals surface area contributed by atoms with Gasteiger partial charge in [0.15, 0.2) is 0 Å². The maximum atomic E-state index is 11.0. The lowest BCUT2D eigenvalue weighted by molar-refractivity contribution is -0.137. The third-order valence-corrected chi connectivity index (χ3v) is 1.76. The predicted molar refractivity (Wildman–Crippen MR) is 59.1 cm³/mol. The molecule has 0 aromatic carbocycles. The van der Waals surface area contributed by atoms with Crippen LogP contribution in [0.25, 0.3) is 6.08 Å². The zero-order valence-electron chi connectivity index (χ0n) is 8.86. The highest BCUT2D eigenvalue weighted by Gasteiger charge is 1.99. The fourth-order valence-electron chi connectivity index (χ4n) is 1.06. The van der Waals surface area contributed by atoms with Crippen molar-refractivity contribution < 1.29 is 9.53 Å². The Bertz CT molecular complexity index is 386. The van der Waals surface area contributed by atoms with Gasteiger partial charge in [-0.25, -0.2) is 4.79 Å². The van der Waals surface area contributed by atoms with Gasteiger partial charge in [0.2, 0.25) is 0 Å². The summed E-state index contributed by atoms with van der Waals surface area (Å²) in [6.07, 6.45) is 2.88. The van der Waals surface area contributed by atoms with E-state index >= 15 is 0 Å². The number of nitrogens with two attached hydrogens (primary N) is 1. The number of carbonyl (C=O) groups is 1. The lowest BCUT2D eigenvalue weighted by Crippen LogP contribution is -2.00. The van der Waals surface area contributed by atoms with Crippen LogP contribution in [0.5, 0.6) is 0 Å². The number of rotatable bonds is 3. The van der Waals surface area contributed by atoms with E-state index in [1.807, 2.05) is 13.0 Å². The molecule has 1 aromatic rings. The van der Waals surface area contributed by atoms with Gasteiger partial charge in [0.25, 0.3) is 0 Å². The largest absolute Gasteiger partial charge is 0.463 e. The summed E-state index contributed by atoms with van der Waals surface area (Å²) in [5.74, 6) is -0.389. The zero-order valence-corrected chi connectivity index (χ0v) is 8.86. The van der Waals surface area contributed by atoms with E-state index in [-0.39, 0.29) is 5.97 Å². The molecular formula is C11H14N2O2. The molecule has 80 valence electrons. The molecule has 0 radical (unpaired) electrons. The molecule has 15 heavy (non-hydrogen) atoms. The van der Waals surface area contributed by atoms with Crippen LogP contribution in [0.3, 0.4) is 0 Å². The number of nitrogens with zero attached hydrogens (tertiary/aromatic N) is 1. The number of esters is 1. The Morgan fingerprint density at radius 2 is 2.33 bits per heavy atom. The highest BCUT2D eigenvalue weighted by Crippen LogP contribution is 2.11. The molecule has 0 aliphatic rings. The van der Waals surface area contributed by atoms with Crippen LogP contribution >= 0.6 is 0 Å². The van der Waals surface area contributed by atoms with E-state index in [9.17, 15) is 4.79 Å². The van der Waals surface area contributed by atoms with Crippen molar-refractivity contribution in [2.75, 3.05) is 12.3 Å². The summed E-state index contributed by atoms with van der Waals surface area (Å²) in [6.45, 7) is 3.98. The summed E-state index contributed by atoms with van der Waals surface area (Å²) in [4.78, 5) is 15.2. The highest BCUT2D eigenvalue weighted by molar-refractivity contribution is 5.87. The summed E-state index contributed by atoms with van der Waals surface area (Å²) in [7, 11) is 0. The summed E-state index contributed by atoms with van der Waals surface area (Å²) in [5.41, 5.74) is 7.67. The normalized spacial score (nSPS) is 10.5. The van der Waals surface area contributed by atoms with Crippen molar-refractivity contribution >= 4 is 17.7 Å². The van der Waals surface area contributed by atoms with E-state index in [1.165, 1.54) is 6.08 Å². The first-order valence-corrected chi connectivity index (χ1v) is 4.71. The van der Waals surface area contributed by atoms with E-state index in [4.69, 9.17) is 10.5 Å². The van der Waals surface area contributed by atoms with E-state index < -0.39 is 0 Å². The quantitative estimate of drug-likeness (QED) is 0.602. The second-order valence-electron chi connectivity index (χ2n) is 3.01. The number of ether oxygens (including phenoxy) is 1. The molecule has 1 rings (SSSR count). The second-order valence-corrected chi connectivity index (χ2v) is 3.01. The van der Waals surface area contributed by atoms with Crippen LogP contribution < -0.4 is 5.73 Å². The molecule has 2 N–H and O–H groups in total. The maximum Gasteiger partial charge on any atom is 0.330 e. The first kappa shape index (κ1) is 11.2. The number of hydrogen-bond donors (Lipinski definition) is 1. The fourth-order valence-corrected chi connectivity index (χ4v) is 1.06. The third kappa shape index (κ3) is 3.42. The molecule has 0 unspecified atom stereocenters. The monoisotopic (exact) mass is 206 g/mol. The molecule has 0 spiro atoms. The SMILES string of the molecule is CCOC(=O)/C=C/c1nc(C)ccc1N. The molecule has 0 atom stereocenters. The number of aromatic nitrogens is 1. The zero-order chi connectivity index (χ0) is 11.3. The number of nitrogen functional groups attached to an aromatic ring is 1. The van der Waals surface area contributed by atoms with Crippen LogP contribution in [0.1, 0.15) is 18.3 Å². The lowest BCUT2D eigenvalue weighted by atomic mass is 10.2. The summed E-state index contributed by atoms with van der Waals surface area (Å²) >= 11 is 0. The second kappa shape index (κ2) is 5.14. The number of carbonyl (C=O) groups excluding carboxylic acids is 1. The smallest absolute Gasteiger partial charge is 0.330 e. The van der Waals surface area contributed by atoms with E-state index in [0.717, 1.165) is 5.69 Å². The Labute approximate surface area is 88.8 Å². The Kier molecular flexibility index (Phi) is 3.85. The van der Waals surface area contributed by atoms with Crippen LogP contribution in [-0.2, 0) is 9.53 Å². The molecule has 4 heteroatoms. The molecule has 1 aromatic heterocycles. The van der Waals surface area contributed by atoms with E-state index in [2.05, 4.69) is 4.98 Å². The van der Waals surface area contributed by atoms with E-state index in [1.54, 1.807) is 19.1 Å². The standard InChI is InChI=1S/C11H14N2O2/c1-3-15-11(14)7-6-10-9(12)5-4-8(2)13-10/h4-7H,3,12H2,1-2H3/b7-6+. The van der Waals surface area contributed by atoms with Crippen molar-refractivity contribution in [2.45, 2.75) is 13.8 Å². The summed E-state index contributed by atoms with van der Waals surface area (Å²) in [6, 6.07) is 3.57. The van der Waals surface area contributed by atoms with Crippen LogP contribution in [0, 0.1) is 6.92 Å². The van der Waals surface area contributed by atoms with Crippen LogP contribution in [0.4, 0.5) is 5.69 Å². The third-order valence-electron chi connectivity index (χ3n) is 1.76. The Morgan fingerprint density at radius 1 is 1.60 bits per heavy atom. The van der Waals surface area contributed by atoms with E-state index in [0.29, 0.717) is 18.0 Å². The molecule has 0 aliphatic carbocycles. The van der Waals surface area contributed by atoms with Crippen LogP contribution in [-0.4, -0.2) is 17.6 Å². The van der Waals surface area contributed by atoms with Gasteiger partial charge in [-0.15, -0.1) is 0 Å². The minimum absolute atomic E-state index is 0.361. The molecule has 0 bridgehead atoms. The van der Waals surface area contributed by atoms with Gasteiger partial charge in [0.1, 0.15) is 0 Å². The number of aryl methyl sites for hydroxylation is 1. The van der Waals surface area contributed by atoms with Gasteiger partial charge in [-0.2, -0.15) is 0 Å². The number of anilines is 1. The van der Waals surface area contributed by atoms with Gasteiger partial charge in [0.05, 0.1) is 18.0 Å². The molecule has 1 heterocycles. The molecule has 0 amide bonds. The lowest BCUT2D eigenvalue weighted by Gasteiger charge is -2.00. The van der Waals surface area contributed by atoms with Crippen molar-refractivity contribution in [2.24, 2.45) is 0 Å². The fraction of sp³-hybridized carbons (Fsp3) is 0.273. The first-order valence-electron chi connectivity index (χ1n) is 4.71. The molecular weight excluding hydrogens is 192 g/mol. The minimum atomic E-state index is -0.389. The maximum absolute atomic E-state index is 11.0. The molecule has 4 nitrogen and oxygen atoms in total. The minimum Gasteiger partial charge on any atom is -0.463 e. The van der Waals surface area contributed by atoms with Crippen LogP contribution in [0.15, 0.2) is 18.2 Å². The van der Waals surface area contributed by atoms with Gasteiger partial charge in [0, 0.05) is 11.8 Å². The summed E-state index contributed by atoms with van der Waals surface area (Å²) in [5, 5.41) is 0. The van der Waals surface area contributed by atoms with Crippen molar-refractivity contribution in [3.8, 4) is 0 Å². The first-order chi connectivity index (χ1) is 7.13. The van der Waals surface area contributed by atoms with Gasteiger partial charge in [-0.05, 0) is 32.1 Å². The topological polar surface area (TPSA) is 65.2 Å². The molecule has 0 saturated carbocycles. The Hall–Kier alpha value is -1.84. The van der Waals surface area contributed by atoms with Crippen molar-refractivity contribution in [3.63, 3.8) is 0 Å². The van der Waals surface area contributed by atoms with Gasteiger partial charge in [-0.3, -0.25) is 4.98 Å². The predicted octanol–water partition coefficient (Wildman–Crippen LogP) is 1.55. The number of hydrogen-bond acceptors (Lipinski definition) is 4. The van der Waals surface area contributed by atoms with Gasteiger partial charge < -0.3 is 10.5 Å². The molecule has 0 fully saturated rings. The van der Waals surface area contributed by atoms with Crippen molar-refractivity contribution in [1.82, 2.24) is 4.98 Å². The Morgan fingerprint density at radius 3 is 3.00 bits per heavy atom. The van der Waals surface area contributed by atoms with Crippen molar-refractivity contribution in [3.05, 3.63) is 29.6 Å². The number of pyridine rings is 1. The highest BCUT2D eigenvalue weighted by atomic mass is 16.5. The molecule has 0 saturated heterocycles. The summed E-state index contributed by atoms with van der Waals surface area (Å²) < 4.78 is 4.74.